The van der Waals surface area contributed by atoms with E-state index in [1.54, 1.807) is 4.90 Å². The van der Waals surface area contributed by atoms with Crippen molar-refractivity contribution in [3.8, 4) is 0 Å². The molecular weight excluding hydrogens is 313 g/mol. The van der Waals surface area contributed by atoms with Gasteiger partial charge in [0.25, 0.3) is 0 Å². The van der Waals surface area contributed by atoms with Crippen molar-refractivity contribution in [2.24, 2.45) is 0 Å². The zero-order chi connectivity index (χ0) is 15.6. The lowest BCUT2D eigenvalue weighted by molar-refractivity contribution is -0.207. The van der Waals surface area contributed by atoms with E-state index in [-0.39, 0.29) is 6.54 Å². The number of morpholine rings is 1. The summed E-state index contributed by atoms with van der Waals surface area (Å²) in [7, 11) is 0. The Hall–Kier alpha value is -0.760. The molecule has 0 aliphatic carbocycles. The van der Waals surface area contributed by atoms with Crippen LogP contribution in [-0.2, 0) is 11.3 Å². The quantitative estimate of drug-likeness (QED) is 0.845. The second-order valence-corrected chi connectivity index (χ2v) is 6.85. The van der Waals surface area contributed by atoms with E-state index in [1.165, 1.54) is 0 Å². The molecule has 3 rings (SSSR count). The van der Waals surface area contributed by atoms with E-state index in [9.17, 15) is 13.2 Å². The summed E-state index contributed by atoms with van der Waals surface area (Å²) in [6, 6.07) is 9.64. The molecule has 0 radical (unpaired) electrons. The maximum atomic E-state index is 13.8. The number of nitrogens with zero attached hydrogens (tertiary/aromatic N) is 2. The van der Waals surface area contributed by atoms with Crippen LogP contribution in [0.5, 0.6) is 0 Å². The third-order valence-electron chi connectivity index (χ3n) is 4.14. The highest BCUT2D eigenvalue weighted by molar-refractivity contribution is 8.00. The van der Waals surface area contributed by atoms with E-state index in [1.807, 2.05) is 35.2 Å². The molecule has 22 heavy (non-hydrogen) atoms. The van der Waals surface area contributed by atoms with Crippen LogP contribution in [0.2, 0.25) is 0 Å². The summed E-state index contributed by atoms with van der Waals surface area (Å²) < 4.78 is 46.6. The summed E-state index contributed by atoms with van der Waals surface area (Å²) >= 11 is 1.00. The second-order valence-electron chi connectivity index (χ2n) is 5.63. The Morgan fingerprint density at radius 2 is 1.82 bits per heavy atom. The topological polar surface area (TPSA) is 15.7 Å². The summed E-state index contributed by atoms with van der Waals surface area (Å²) in [4.78, 5) is 1.63. The third kappa shape index (κ3) is 3.13. The maximum absolute atomic E-state index is 13.8. The minimum absolute atomic E-state index is 0.00998. The van der Waals surface area contributed by atoms with Crippen molar-refractivity contribution >= 4 is 11.8 Å². The summed E-state index contributed by atoms with van der Waals surface area (Å²) in [6.45, 7) is 1.98. The van der Waals surface area contributed by atoms with E-state index in [0.717, 1.165) is 17.3 Å². The average molecular weight is 332 g/mol. The van der Waals surface area contributed by atoms with Gasteiger partial charge in [-0.15, -0.1) is 11.8 Å². The van der Waals surface area contributed by atoms with Crippen molar-refractivity contribution in [3.05, 3.63) is 35.9 Å². The molecule has 1 aromatic rings. The number of halogens is 3. The minimum atomic E-state index is -4.25. The first-order valence-electron chi connectivity index (χ1n) is 7.31. The molecule has 0 bridgehead atoms. The predicted molar refractivity (Wildman–Crippen MR) is 80.5 cm³/mol. The highest BCUT2D eigenvalue weighted by Crippen LogP contribution is 2.49. The van der Waals surface area contributed by atoms with Gasteiger partial charge >= 0.3 is 6.18 Å². The summed E-state index contributed by atoms with van der Waals surface area (Å²) in [5.74, 6) is 0.395. The molecule has 2 heterocycles. The molecule has 122 valence electrons. The molecule has 1 unspecified atom stereocenters. The molecular formula is C15H19F3N2OS. The second kappa shape index (κ2) is 6.39. The van der Waals surface area contributed by atoms with Crippen molar-refractivity contribution in [3.63, 3.8) is 0 Å². The van der Waals surface area contributed by atoms with Crippen LogP contribution in [0.4, 0.5) is 13.2 Å². The smallest absolute Gasteiger partial charge is 0.379 e. The molecule has 0 amide bonds. The van der Waals surface area contributed by atoms with E-state index in [4.69, 9.17) is 4.74 Å². The molecule has 3 nitrogen and oxygen atoms in total. The summed E-state index contributed by atoms with van der Waals surface area (Å²) in [5, 5.41) is 0. The molecule has 0 N–H and O–H groups in total. The molecule has 7 heteroatoms. The molecule has 1 atom stereocenters. The van der Waals surface area contributed by atoms with Gasteiger partial charge in [0.2, 0.25) is 0 Å². The number of alkyl halides is 3. The van der Waals surface area contributed by atoms with Crippen LogP contribution in [0, 0.1) is 0 Å². The summed E-state index contributed by atoms with van der Waals surface area (Å²) in [6.07, 6.45) is -4.25. The first-order valence-corrected chi connectivity index (χ1v) is 8.30. The number of benzene rings is 1. The van der Waals surface area contributed by atoms with Gasteiger partial charge in [0.05, 0.1) is 13.2 Å². The van der Waals surface area contributed by atoms with Crippen LogP contribution in [0.1, 0.15) is 5.56 Å². The van der Waals surface area contributed by atoms with Gasteiger partial charge in [-0.3, -0.25) is 9.80 Å². The van der Waals surface area contributed by atoms with Crippen molar-refractivity contribution in [1.82, 2.24) is 9.80 Å². The maximum Gasteiger partial charge on any atom is 0.417 e. The van der Waals surface area contributed by atoms with E-state index in [0.29, 0.717) is 38.7 Å². The SMILES string of the molecule is FC(F)(F)C1(N2CCOCC2)CN(Cc2ccccc2)CS1. The normalized spacial score (nSPS) is 28.1. The van der Waals surface area contributed by atoms with Crippen LogP contribution >= 0.6 is 11.8 Å². The molecule has 2 aliphatic heterocycles. The third-order valence-corrected chi connectivity index (χ3v) is 5.73. The largest absolute Gasteiger partial charge is 0.417 e. The van der Waals surface area contributed by atoms with Gasteiger partial charge in [0.15, 0.2) is 4.87 Å². The Bertz CT molecular complexity index is 493. The van der Waals surface area contributed by atoms with E-state index < -0.39 is 11.0 Å². The lowest BCUT2D eigenvalue weighted by atomic mass is 10.1. The Labute approximate surface area is 132 Å². The lowest BCUT2D eigenvalue weighted by Crippen LogP contribution is -2.61. The molecule has 2 saturated heterocycles. The number of ether oxygens (including phenoxy) is 1. The van der Waals surface area contributed by atoms with Crippen LogP contribution in [0.3, 0.4) is 0 Å². The monoisotopic (exact) mass is 332 g/mol. The Balaban J connectivity index is 1.75. The zero-order valence-electron chi connectivity index (χ0n) is 12.2. The number of hydrogen-bond acceptors (Lipinski definition) is 4. The van der Waals surface area contributed by atoms with Gasteiger partial charge < -0.3 is 4.74 Å². The minimum Gasteiger partial charge on any atom is -0.379 e. The first kappa shape index (κ1) is 16.1. The van der Waals surface area contributed by atoms with Crippen LogP contribution < -0.4 is 0 Å². The Morgan fingerprint density at radius 1 is 1.14 bits per heavy atom. The fourth-order valence-electron chi connectivity index (χ4n) is 3.00. The van der Waals surface area contributed by atoms with Crippen molar-refractivity contribution in [1.29, 1.82) is 0 Å². The summed E-state index contributed by atoms with van der Waals surface area (Å²) in [5.41, 5.74) is 1.04. The van der Waals surface area contributed by atoms with Crippen LogP contribution in [-0.4, -0.2) is 59.6 Å². The van der Waals surface area contributed by atoms with Crippen molar-refractivity contribution < 1.29 is 17.9 Å². The molecule has 1 aromatic carbocycles. The lowest BCUT2D eigenvalue weighted by Gasteiger charge is -2.43. The highest BCUT2D eigenvalue weighted by Gasteiger charge is 2.62. The zero-order valence-corrected chi connectivity index (χ0v) is 13.0. The number of hydrogen-bond donors (Lipinski definition) is 0. The fourth-order valence-corrected chi connectivity index (χ4v) is 4.38. The standard InChI is InChI=1S/C15H19F3N2OS/c16-15(17,18)14(20-6-8-21-9-7-20)11-19(12-22-14)10-13-4-2-1-3-5-13/h1-5H,6-12H2. The van der Waals surface area contributed by atoms with Gasteiger partial charge in [0, 0.05) is 32.1 Å². The fraction of sp³-hybridized carbons (Fsp3) is 0.600. The predicted octanol–water partition coefficient (Wildman–Crippen LogP) is 2.78. The van der Waals surface area contributed by atoms with Gasteiger partial charge in [-0.1, -0.05) is 30.3 Å². The van der Waals surface area contributed by atoms with Gasteiger partial charge in [-0.25, -0.2) is 0 Å². The molecule has 0 spiro atoms. The highest BCUT2D eigenvalue weighted by atomic mass is 32.2. The Kier molecular flexibility index (Phi) is 4.68. The van der Waals surface area contributed by atoms with E-state index in [2.05, 4.69) is 0 Å². The molecule has 2 aliphatic rings. The number of rotatable bonds is 3. The van der Waals surface area contributed by atoms with E-state index >= 15 is 0 Å². The Morgan fingerprint density at radius 3 is 2.45 bits per heavy atom. The van der Waals surface area contributed by atoms with Gasteiger partial charge in [-0.2, -0.15) is 13.2 Å². The van der Waals surface area contributed by atoms with Crippen LogP contribution in [0.15, 0.2) is 30.3 Å². The van der Waals surface area contributed by atoms with Gasteiger partial charge in [-0.05, 0) is 5.56 Å². The van der Waals surface area contributed by atoms with Crippen LogP contribution in [0.25, 0.3) is 0 Å². The molecule has 2 fully saturated rings. The van der Waals surface area contributed by atoms with Gasteiger partial charge in [0.1, 0.15) is 0 Å². The average Bonchev–Trinajstić information content (AvgIpc) is 2.94. The first-order chi connectivity index (χ1) is 10.5. The molecule has 0 saturated carbocycles. The van der Waals surface area contributed by atoms with Crippen molar-refractivity contribution in [2.75, 3.05) is 38.7 Å². The molecule has 0 aromatic heterocycles. The van der Waals surface area contributed by atoms with Crippen molar-refractivity contribution in [2.45, 2.75) is 17.6 Å². The number of thioether (sulfide) groups is 1.